The Hall–Kier alpha value is -2.54. The Bertz CT molecular complexity index is 963. The highest BCUT2D eigenvalue weighted by molar-refractivity contribution is 6.10. The lowest BCUT2D eigenvalue weighted by Crippen LogP contribution is -1.99. The van der Waals surface area contributed by atoms with Crippen molar-refractivity contribution in [2.24, 2.45) is 0 Å². The van der Waals surface area contributed by atoms with Crippen LogP contribution in [0.5, 0.6) is 0 Å². The molecule has 4 aromatic rings. The molecule has 23 heavy (non-hydrogen) atoms. The normalized spacial score (nSPS) is 12.8. The molecule has 0 saturated heterocycles. The van der Waals surface area contributed by atoms with Gasteiger partial charge in [-0.25, -0.2) is 0 Å². The van der Waals surface area contributed by atoms with Gasteiger partial charge in [0.15, 0.2) is 0 Å². The van der Waals surface area contributed by atoms with Gasteiger partial charge in [-0.1, -0.05) is 68.4 Å². The lowest BCUT2D eigenvalue weighted by Gasteiger charge is -2.15. The van der Waals surface area contributed by atoms with E-state index in [0.717, 1.165) is 6.42 Å². The molecule has 0 N–H and O–H groups in total. The van der Waals surface area contributed by atoms with Gasteiger partial charge in [-0.05, 0) is 36.1 Å². The Morgan fingerprint density at radius 3 is 2.26 bits per heavy atom. The van der Waals surface area contributed by atoms with E-state index < -0.39 is 0 Å². The molecule has 1 nitrogen and oxygen atoms in total. The van der Waals surface area contributed by atoms with Crippen molar-refractivity contribution in [3.8, 4) is 5.69 Å². The molecule has 0 spiro atoms. The largest absolute Gasteiger partial charge is 0.309 e. The molecule has 1 heterocycles. The van der Waals surface area contributed by atoms with E-state index in [9.17, 15) is 0 Å². The lowest BCUT2D eigenvalue weighted by molar-refractivity contribution is 0.737. The van der Waals surface area contributed by atoms with Gasteiger partial charge in [-0.15, -0.1) is 0 Å². The molecule has 1 atom stereocenters. The highest BCUT2D eigenvalue weighted by Gasteiger charge is 2.17. The molecule has 0 radical (unpaired) electrons. The van der Waals surface area contributed by atoms with Crippen LogP contribution in [0.15, 0.2) is 72.8 Å². The van der Waals surface area contributed by atoms with Gasteiger partial charge in [0.25, 0.3) is 0 Å². The van der Waals surface area contributed by atoms with Crippen molar-refractivity contribution < 1.29 is 0 Å². The molecule has 114 valence electrons. The number of aromatic nitrogens is 1. The van der Waals surface area contributed by atoms with Crippen molar-refractivity contribution in [1.82, 2.24) is 4.57 Å². The van der Waals surface area contributed by atoms with Crippen LogP contribution in [0, 0.1) is 0 Å². The molecule has 1 heteroatoms. The first-order valence-electron chi connectivity index (χ1n) is 8.38. The monoisotopic (exact) mass is 299 g/mol. The van der Waals surface area contributed by atoms with E-state index in [1.807, 2.05) is 0 Å². The summed E-state index contributed by atoms with van der Waals surface area (Å²) in [6, 6.07) is 26.1. The van der Waals surface area contributed by atoms with E-state index in [-0.39, 0.29) is 0 Å². The van der Waals surface area contributed by atoms with E-state index in [0.29, 0.717) is 5.92 Å². The van der Waals surface area contributed by atoms with Gasteiger partial charge in [0.1, 0.15) is 0 Å². The average molecular weight is 299 g/mol. The number of fused-ring (bicyclic) bond motifs is 3. The fourth-order valence-electron chi connectivity index (χ4n) is 3.51. The number of para-hydroxylation sites is 3. The second-order valence-electron chi connectivity index (χ2n) is 6.24. The third-order valence-electron chi connectivity index (χ3n) is 4.88. The van der Waals surface area contributed by atoms with E-state index in [4.69, 9.17) is 0 Å². The van der Waals surface area contributed by atoms with E-state index in [2.05, 4.69) is 91.2 Å². The first-order valence-corrected chi connectivity index (χ1v) is 8.38. The third-order valence-corrected chi connectivity index (χ3v) is 4.88. The maximum Gasteiger partial charge on any atom is 0.0575 e. The first-order chi connectivity index (χ1) is 11.3. The van der Waals surface area contributed by atoms with Crippen molar-refractivity contribution >= 4 is 21.8 Å². The number of hydrogen-bond acceptors (Lipinski definition) is 0. The molecule has 3 aromatic carbocycles. The summed E-state index contributed by atoms with van der Waals surface area (Å²) in [5.74, 6) is 0.547. The molecular formula is C22H21N. The van der Waals surface area contributed by atoms with E-state index in [1.165, 1.54) is 33.1 Å². The Kier molecular flexibility index (Phi) is 3.42. The van der Waals surface area contributed by atoms with Crippen molar-refractivity contribution in [1.29, 1.82) is 0 Å². The minimum absolute atomic E-state index is 0.547. The van der Waals surface area contributed by atoms with Gasteiger partial charge in [0, 0.05) is 16.5 Å². The molecule has 1 unspecified atom stereocenters. The molecule has 4 rings (SSSR count). The number of rotatable bonds is 3. The van der Waals surface area contributed by atoms with Crippen LogP contribution in [0.1, 0.15) is 31.7 Å². The van der Waals surface area contributed by atoms with Gasteiger partial charge in [-0.2, -0.15) is 0 Å². The zero-order valence-corrected chi connectivity index (χ0v) is 13.7. The van der Waals surface area contributed by atoms with Gasteiger partial charge in [0.2, 0.25) is 0 Å². The number of nitrogens with zero attached hydrogens (tertiary/aromatic N) is 1. The minimum Gasteiger partial charge on any atom is -0.309 e. The highest BCUT2D eigenvalue weighted by Crippen LogP contribution is 2.36. The standard InChI is InChI=1S/C22H21N/c1-3-16(2)18-13-9-14-20-19-12-7-8-15-21(19)23(22(18)20)17-10-5-4-6-11-17/h4-16H,3H2,1-2H3. The zero-order valence-electron chi connectivity index (χ0n) is 13.7. The first kappa shape index (κ1) is 14.1. The van der Waals surface area contributed by atoms with Gasteiger partial charge in [0.05, 0.1) is 11.0 Å². The number of benzene rings is 3. The summed E-state index contributed by atoms with van der Waals surface area (Å²) in [5, 5.41) is 2.68. The molecule has 0 aliphatic rings. The predicted octanol–water partition coefficient (Wildman–Crippen LogP) is 6.30. The second kappa shape index (κ2) is 5.58. The van der Waals surface area contributed by atoms with Crippen LogP contribution in [-0.2, 0) is 0 Å². The SMILES string of the molecule is CCC(C)c1cccc2c3ccccc3n(-c3ccccc3)c12. The summed E-state index contributed by atoms with van der Waals surface area (Å²) in [5.41, 5.74) is 5.30. The van der Waals surface area contributed by atoms with Crippen molar-refractivity contribution in [2.75, 3.05) is 0 Å². The topological polar surface area (TPSA) is 4.93 Å². The predicted molar refractivity (Wildman–Crippen MR) is 99.5 cm³/mol. The lowest BCUT2D eigenvalue weighted by atomic mass is 9.96. The van der Waals surface area contributed by atoms with Gasteiger partial charge in [-0.3, -0.25) is 0 Å². The Morgan fingerprint density at radius 2 is 1.48 bits per heavy atom. The quantitative estimate of drug-likeness (QED) is 0.418. The maximum atomic E-state index is 2.42. The molecule has 0 fully saturated rings. The Labute approximate surface area is 137 Å². The average Bonchev–Trinajstić information content (AvgIpc) is 2.96. The van der Waals surface area contributed by atoms with Crippen LogP contribution in [-0.4, -0.2) is 4.57 Å². The van der Waals surface area contributed by atoms with E-state index >= 15 is 0 Å². The fourth-order valence-corrected chi connectivity index (χ4v) is 3.51. The summed E-state index contributed by atoms with van der Waals surface area (Å²) >= 11 is 0. The zero-order chi connectivity index (χ0) is 15.8. The Balaban J connectivity index is 2.20. The summed E-state index contributed by atoms with van der Waals surface area (Å²) < 4.78 is 2.42. The molecule has 0 aliphatic heterocycles. The van der Waals surface area contributed by atoms with Crippen LogP contribution < -0.4 is 0 Å². The van der Waals surface area contributed by atoms with Gasteiger partial charge < -0.3 is 4.57 Å². The summed E-state index contributed by atoms with van der Waals surface area (Å²) in [4.78, 5) is 0. The van der Waals surface area contributed by atoms with Crippen LogP contribution in [0.4, 0.5) is 0 Å². The van der Waals surface area contributed by atoms with E-state index in [1.54, 1.807) is 0 Å². The molecule has 0 aliphatic carbocycles. The molecule has 0 amide bonds. The van der Waals surface area contributed by atoms with Crippen LogP contribution in [0.25, 0.3) is 27.5 Å². The van der Waals surface area contributed by atoms with Crippen LogP contribution in [0.2, 0.25) is 0 Å². The molecule has 0 saturated carbocycles. The summed E-state index contributed by atoms with van der Waals surface area (Å²) in [6.45, 7) is 4.58. The second-order valence-corrected chi connectivity index (χ2v) is 6.24. The third kappa shape index (κ3) is 2.16. The van der Waals surface area contributed by atoms with Crippen molar-refractivity contribution in [3.63, 3.8) is 0 Å². The van der Waals surface area contributed by atoms with Gasteiger partial charge >= 0.3 is 0 Å². The summed E-state index contributed by atoms with van der Waals surface area (Å²) in [6.07, 6.45) is 1.15. The molecule has 0 bridgehead atoms. The fraction of sp³-hybridized carbons (Fsp3) is 0.182. The molecular weight excluding hydrogens is 278 g/mol. The Morgan fingerprint density at radius 1 is 0.783 bits per heavy atom. The highest BCUT2D eigenvalue weighted by atomic mass is 15.0. The minimum atomic E-state index is 0.547. The summed E-state index contributed by atoms with van der Waals surface area (Å²) in [7, 11) is 0. The maximum absolute atomic E-state index is 2.42. The molecule has 1 aromatic heterocycles. The van der Waals surface area contributed by atoms with Crippen LogP contribution >= 0.6 is 0 Å². The van der Waals surface area contributed by atoms with Crippen molar-refractivity contribution in [2.45, 2.75) is 26.2 Å². The number of hydrogen-bond donors (Lipinski definition) is 0. The van der Waals surface area contributed by atoms with Crippen LogP contribution in [0.3, 0.4) is 0 Å². The smallest absolute Gasteiger partial charge is 0.0575 e. The van der Waals surface area contributed by atoms with Crippen molar-refractivity contribution in [3.05, 3.63) is 78.4 Å².